The molecular weight excluding hydrogens is 216 g/mol. The van der Waals surface area contributed by atoms with Crippen LogP contribution in [0, 0.1) is 0 Å². The van der Waals surface area contributed by atoms with E-state index in [0.29, 0.717) is 10.1 Å². The van der Waals surface area contributed by atoms with Crippen molar-refractivity contribution >= 4 is 39.9 Å². The molecule has 1 saturated carbocycles. The minimum atomic E-state index is 0.0260. The number of thioether (sulfide) groups is 1. The van der Waals surface area contributed by atoms with E-state index in [1.54, 1.807) is 0 Å². The third kappa shape index (κ3) is 2.15. The highest BCUT2D eigenvalue weighted by atomic mass is 32.2. The first-order chi connectivity index (χ1) is 6.77. The largest absolute Gasteiger partial charge is 0.272 e. The molecule has 2 aliphatic rings. The first kappa shape index (κ1) is 10.1. The van der Waals surface area contributed by atoms with Crippen LogP contribution in [-0.4, -0.2) is 26.7 Å². The molecule has 0 atom stereocenters. The standard InChI is InChI=1S/C9H12N2OS2/c12-8-6-14-9(13)11(8)10-7-4-2-1-3-5-7/h1-6H2. The Hall–Kier alpha value is -0.420. The molecule has 0 bridgehead atoms. The molecule has 1 aliphatic carbocycles. The summed E-state index contributed by atoms with van der Waals surface area (Å²) in [5.41, 5.74) is 1.13. The second kappa shape index (κ2) is 4.40. The fourth-order valence-electron chi connectivity index (χ4n) is 1.65. The van der Waals surface area contributed by atoms with Gasteiger partial charge in [-0.3, -0.25) is 4.79 Å². The lowest BCUT2D eigenvalue weighted by Crippen LogP contribution is -2.25. The van der Waals surface area contributed by atoms with Crippen molar-refractivity contribution in [3.05, 3.63) is 0 Å². The quantitative estimate of drug-likeness (QED) is 0.645. The molecule has 1 amide bonds. The monoisotopic (exact) mass is 228 g/mol. The summed E-state index contributed by atoms with van der Waals surface area (Å²) in [5, 5.41) is 5.74. The van der Waals surface area contributed by atoms with Crippen LogP contribution in [-0.2, 0) is 4.79 Å². The number of hydrogen-bond acceptors (Lipinski definition) is 4. The number of carbonyl (C=O) groups excluding carboxylic acids is 1. The summed E-state index contributed by atoms with van der Waals surface area (Å²) < 4.78 is 0.605. The molecule has 0 aromatic rings. The van der Waals surface area contributed by atoms with Gasteiger partial charge in [-0.1, -0.05) is 30.4 Å². The molecule has 0 spiro atoms. The lowest BCUT2D eigenvalue weighted by molar-refractivity contribution is -0.124. The van der Waals surface area contributed by atoms with Gasteiger partial charge in [-0.25, -0.2) is 0 Å². The van der Waals surface area contributed by atoms with E-state index in [1.165, 1.54) is 36.0 Å². The summed E-state index contributed by atoms with van der Waals surface area (Å²) in [6.07, 6.45) is 5.72. The molecule has 0 unspecified atom stereocenters. The predicted molar refractivity (Wildman–Crippen MR) is 62.4 cm³/mol. The van der Waals surface area contributed by atoms with Crippen LogP contribution in [0.25, 0.3) is 0 Å². The summed E-state index contributed by atoms with van der Waals surface area (Å²) in [5.74, 6) is 0.480. The zero-order chi connectivity index (χ0) is 9.97. The number of carbonyl (C=O) groups is 1. The van der Waals surface area contributed by atoms with Gasteiger partial charge in [0.2, 0.25) is 0 Å². The van der Waals surface area contributed by atoms with E-state index in [9.17, 15) is 4.79 Å². The van der Waals surface area contributed by atoms with Gasteiger partial charge in [0, 0.05) is 5.71 Å². The summed E-state index contributed by atoms with van der Waals surface area (Å²) in [6.45, 7) is 0. The maximum atomic E-state index is 11.4. The van der Waals surface area contributed by atoms with Crippen LogP contribution < -0.4 is 0 Å². The molecule has 0 radical (unpaired) electrons. The number of hydrazone groups is 1. The Bertz CT molecular complexity index is 277. The van der Waals surface area contributed by atoms with Crippen LogP contribution in [0.15, 0.2) is 5.10 Å². The van der Waals surface area contributed by atoms with Gasteiger partial charge in [0.25, 0.3) is 5.91 Å². The highest BCUT2D eigenvalue weighted by molar-refractivity contribution is 8.23. The third-order valence-electron chi connectivity index (χ3n) is 2.40. The van der Waals surface area contributed by atoms with Crippen LogP contribution >= 0.6 is 24.0 Å². The second-order valence-electron chi connectivity index (χ2n) is 3.49. The fourth-order valence-corrected chi connectivity index (χ4v) is 2.60. The Morgan fingerprint density at radius 3 is 2.57 bits per heavy atom. The topological polar surface area (TPSA) is 32.7 Å². The Morgan fingerprint density at radius 1 is 1.29 bits per heavy atom. The minimum Gasteiger partial charge on any atom is -0.272 e. The Balaban J connectivity index is 2.07. The van der Waals surface area contributed by atoms with E-state index >= 15 is 0 Å². The van der Waals surface area contributed by atoms with Gasteiger partial charge in [0.1, 0.15) is 0 Å². The molecule has 5 heteroatoms. The lowest BCUT2D eigenvalue weighted by Gasteiger charge is -2.15. The van der Waals surface area contributed by atoms with Gasteiger partial charge in [-0.05, 0) is 25.7 Å². The molecule has 14 heavy (non-hydrogen) atoms. The first-order valence-electron chi connectivity index (χ1n) is 4.83. The van der Waals surface area contributed by atoms with E-state index in [2.05, 4.69) is 5.10 Å². The Morgan fingerprint density at radius 2 is 2.00 bits per heavy atom. The Labute approximate surface area is 92.9 Å². The van der Waals surface area contributed by atoms with Gasteiger partial charge < -0.3 is 0 Å². The van der Waals surface area contributed by atoms with Crippen molar-refractivity contribution in [1.82, 2.24) is 5.01 Å². The van der Waals surface area contributed by atoms with E-state index in [0.717, 1.165) is 18.6 Å². The zero-order valence-electron chi connectivity index (χ0n) is 7.86. The highest BCUT2D eigenvalue weighted by Gasteiger charge is 2.27. The number of hydrogen-bond donors (Lipinski definition) is 0. The molecule has 2 rings (SSSR count). The van der Waals surface area contributed by atoms with Crippen molar-refractivity contribution in [2.45, 2.75) is 32.1 Å². The van der Waals surface area contributed by atoms with E-state index < -0.39 is 0 Å². The van der Waals surface area contributed by atoms with Crippen molar-refractivity contribution in [2.24, 2.45) is 5.10 Å². The highest BCUT2D eigenvalue weighted by Crippen LogP contribution is 2.22. The van der Waals surface area contributed by atoms with Crippen molar-refractivity contribution < 1.29 is 4.79 Å². The SMILES string of the molecule is O=C1CSC(=S)N1N=C1CCCCC1. The molecule has 1 saturated heterocycles. The van der Waals surface area contributed by atoms with Gasteiger partial charge >= 0.3 is 0 Å². The van der Waals surface area contributed by atoms with Gasteiger partial charge in [0.05, 0.1) is 5.75 Å². The average Bonchev–Trinajstić information content (AvgIpc) is 2.51. The van der Waals surface area contributed by atoms with E-state index in [4.69, 9.17) is 12.2 Å². The molecule has 2 fully saturated rings. The van der Waals surface area contributed by atoms with Crippen LogP contribution in [0.1, 0.15) is 32.1 Å². The van der Waals surface area contributed by atoms with Crippen molar-refractivity contribution in [2.75, 3.05) is 5.75 Å². The van der Waals surface area contributed by atoms with Gasteiger partial charge in [-0.2, -0.15) is 10.1 Å². The molecule has 0 aromatic carbocycles. The van der Waals surface area contributed by atoms with Crippen molar-refractivity contribution in [1.29, 1.82) is 0 Å². The molecule has 1 heterocycles. The van der Waals surface area contributed by atoms with Crippen LogP contribution in [0.2, 0.25) is 0 Å². The number of amides is 1. The molecule has 0 N–H and O–H groups in total. The maximum absolute atomic E-state index is 11.4. The second-order valence-corrected chi connectivity index (χ2v) is 5.10. The molecule has 1 aliphatic heterocycles. The number of thiocarbonyl (C=S) groups is 1. The smallest absolute Gasteiger partial charge is 0.259 e. The molecule has 76 valence electrons. The van der Waals surface area contributed by atoms with Crippen LogP contribution in [0.4, 0.5) is 0 Å². The van der Waals surface area contributed by atoms with E-state index in [-0.39, 0.29) is 5.91 Å². The van der Waals surface area contributed by atoms with E-state index in [1.807, 2.05) is 0 Å². The summed E-state index contributed by atoms with van der Waals surface area (Å²) >= 11 is 6.45. The zero-order valence-corrected chi connectivity index (χ0v) is 9.49. The van der Waals surface area contributed by atoms with Crippen LogP contribution in [0.5, 0.6) is 0 Å². The molecular formula is C9H12N2OS2. The summed E-state index contributed by atoms with van der Waals surface area (Å²) in [6, 6.07) is 0. The normalized spacial score (nSPS) is 23.1. The van der Waals surface area contributed by atoms with Crippen molar-refractivity contribution in [3.63, 3.8) is 0 Å². The van der Waals surface area contributed by atoms with Crippen molar-refractivity contribution in [3.8, 4) is 0 Å². The third-order valence-corrected chi connectivity index (χ3v) is 3.74. The average molecular weight is 228 g/mol. The van der Waals surface area contributed by atoms with Crippen LogP contribution in [0.3, 0.4) is 0 Å². The molecule has 3 nitrogen and oxygen atoms in total. The van der Waals surface area contributed by atoms with Gasteiger partial charge in [0.15, 0.2) is 4.32 Å². The Kier molecular flexibility index (Phi) is 3.18. The summed E-state index contributed by atoms with van der Waals surface area (Å²) in [7, 11) is 0. The number of rotatable bonds is 1. The first-order valence-corrected chi connectivity index (χ1v) is 6.23. The molecule has 0 aromatic heterocycles. The minimum absolute atomic E-state index is 0.0260. The fraction of sp³-hybridized carbons (Fsp3) is 0.667. The lowest BCUT2D eigenvalue weighted by atomic mass is 9.99. The summed E-state index contributed by atoms with van der Waals surface area (Å²) in [4.78, 5) is 11.4. The van der Waals surface area contributed by atoms with Gasteiger partial charge in [-0.15, -0.1) is 0 Å². The maximum Gasteiger partial charge on any atom is 0.259 e. The predicted octanol–water partition coefficient (Wildman–Crippen LogP) is 2.17. The number of nitrogens with zero attached hydrogens (tertiary/aromatic N) is 2.